The molecule has 2 aromatic carbocycles. The van der Waals surface area contributed by atoms with Crippen LogP contribution in [0.1, 0.15) is 49.3 Å². The summed E-state index contributed by atoms with van der Waals surface area (Å²) in [5, 5.41) is 3.71. The predicted molar refractivity (Wildman–Crippen MR) is 91.0 cm³/mol. The highest BCUT2D eigenvalue weighted by atomic mass is 14.9. The molecule has 0 bridgehead atoms. The summed E-state index contributed by atoms with van der Waals surface area (Å²) >= 11 is 0. The zero-order valence-electron chi connectivity index (χ0n) is 13.1. The van der Waals surface area contributed by atoms with Crippen LogP contribution in [0.5, 0.6) is 0 Å². The van der Waals surface area contributed by atoms with E-state index in [9.17, 15) is 0 Å². The molecule has 0 heterocycles. The van der Waals surface area contributed by atoms with E-state index in [0.29, 0.717) is 12.0 Å². The minimum absolute atomic E-state index is 0.564. The summed E-state index contributed by atoms with van der Waals surface area (Å²) in [5.41, 5.74) is 5.74. The molecule has 0 fully saturated rings. The van der Waals surface area contributed by atoms with E-state index in [2.05, 4.69) is 67.7 Å². The fourth-order valence-corrected chi connectivity index (χ4v) is 3.20. The van der Waals surface area contributed by atoms with Gasteiger partial charge in [0.2, 0.25) is 0 Å². The Kier molecular flexibility index (Phi) is 4.28. The lowest BCUT2D eigenvalue weighted by Gasteiger charge is -2.26. The molecule has 1 heteroatoms. The Hall–Kier alpha value is -1.76. The number of fused-ring (bicyclic) bond motifs is 1. The maximum Gasteiger partial charge on any atom is 0.0342 e. The highest BCUT2D eigenvalue weighted by molar-refractivity contribution is 5.47. The van der Waals surface area contributed by atoms with Crippen LogP contribution in [0.15, 0.2) is 48.5 Å². The third kappa shape index (κ3) is 3.29. The first-order valence-corrected chi connectivity index (χ1v) is 8.19. The molecule has 2 aromatic rings. The van der Waals surface area contributed by atoms with Gasteiger partial charge in [-0.05, 0) is 60.4 Å². The van der Waals surface area contributed by atoms with Crippen LogP contribution in [-0.4, -0.2) is 6.04 Å². The van der Waals surface area contributed by atoms with Crippen molar-refractivity contribution in [3.05, 3.63) is 65.2 Å². The van der Waals surface area contributed by atoms with E-state index in [1.165, 1.54) is 41.6 Å². The van der Waals surface area contributed by atoms with Crippen molar-refractivity contribution < 1.29 is 0 Å². The maximum atomic E-state index is 3.71. The summed E-state index contributed by atoms with van der Waals surface area (Å²) in [6.45, 7) is 4.54. The molecule has 0 amide bonds. The molecule has 2 unspecified atom stereocenters. The van der Waals surface area contributed by atoms with Crippen molar-refractivity contribution in [3.63, 3.8) is 0 Å². The van der Waals surface area contributed by atoms with Crippen molar-refractivity contribution in [1.29, 1.82) is 0 Å². The number of aryl methyl sites for hydroxylation is 1. The van der Waals surface area contributed by atoms with Gasteiger partial charge in [-0.15, -0.1) is 0 Å². The highest BCUT2D eigenvalue weighted by Gasteiger charge is 2.17. The number of hydrogen-bond acceptors (Lipinski definition) is 1. The van der Waals surface area contributed by atoms with Gasteiger partial charge in [-0.25, -0.2) is 0 Å². The maximum absolute atomic E-state index is 3.71. The second-order valence-electron chi connectivity index (χ2n) is 6.28. The zero-order valence-corrected chi connectivity index (χ0v) is 13.1. The van der Waals surface area contributed by atoms with E-state index < -0.39 is 0 Å². The third-order valence-electron chi connectivity index (χ3n) is 4.81. The molecule has 0 aliphatic heterocycles. The quantitative estimate of drug-likeness (QED) is 0.814. The monoisotopic (exact) mass is 279 g/mol. The number of benzene rings is 2. The highest BCUT2D eigenvalue weighted by Crippen LogP contribution is 2.25. The molecule has 2 atom stereocenters. The topological polar surface area (TPSA) is 12.0 Å². The van der Waals surface area contributed by atoms with Crippen molar-refractivity contribution in [2.75, 3.05) is 5.32 Å². The van der Waals surface area contributed by atoms with Crippen LogP contribution in [0.25, 0.3) is 0 Å². The Bertz CT molecular complexity index is 585. The van der Waals surface area contributed by atoms with Gasteiger partial charge in [-0.1, -0.05) is 50.2 Å². The van der Waals surface area contributed by atoms with E-state index in [0.717, 1.165) is 6.42 Å². The molecule has 1 N–H and O–H groups in total. The predicted octanol–water partition coefficient (Wildman–Crippen LogP) is 5.17. The largest absolute Gasteiger partial charge is 0.382 e. The standard InChI is InChI=1S/C20H25N/c1-3-15(2)16-8-11-19(12-9-16)21-20-13-10-17-6-4-5-7-18(17)14-20/h4-9,11-12,15,20-21H,3,10,13-14H2,1-2H3. The van der Waals surface area contributed by atoms with Crippen LogP contribution in [-0.2, 0) is 12.8 Å². The Morgan fingerprint density at radius 2 is 1.76 bits per heavy atom. The first-order valence-electron chi connectivity index (χ1n) is 8.19. The number of rotatable bonds is 4. The molecule has 0 radical (unpaired) electrons. The summed E-state index contributed by atoms with van der Waals surface area (Å²) in [4.78, 5) is 0. The smallest absolute Gasteiger partial charge is 0.0342 e. The molecule has 1 aliphatic carbocycles. The molecule has 1 aliphatic rings. The summed E-state index contributed by atoms with van der Waals surface area (Å²) < 4.78 is 0. The lowest BCUT2D eigenvalue weighted by atomic mass is 9.88. The molecule has 0 spiro atoms. The van der Waals surface area contributed by atoms with Crippen LogP contribution < -0.4 is 5.32 Å². The van der Waals surface area contributed by atoms with Crippen molar-refractivity contribution >= 4 is 5.69 Å². The van der Waals surface area contributed by atoms with E-state index >= 15 is 0 Å². The Morgan fingerprint density at radius 3 is 2.48 bits per heavy atom. The Balaban J connectivity index is 1.65. The second kappa shape index (κ2) is 6.34. The first-order chi connectivity index (χ1) is 10.3. The third-order valence-corrected chi connectivity index (χ3v) is 4.81. The van der Waals surface area contributed by atoms with Crippen molar-refractivity contribution in [2.24, 2.45) is 0 Å². The molecular weight excluding hydrogens is 254 g/mol. The Morgan fingerprint density at radius 1 is 1.05 bits per heavy atom. The molecule has 3 rings (SSSR count). The van der Waals surface area contributed by atoms with Gasteiger partial charge < -0.3 is 5.32 Å². The SMILES string of the molecule is CCC(C)c1ccc(NC2CCc3ccccc3C2)cc1. The molecule has 0 saturated carbocycles. The summed E-state index contributed by atoms with van der Waals surface area (Å²) in [6.07, 6.45) is 4.76. The molecule has 0 aromatic heterocycles. The van der Waals surface area contributed by atoms with E-state index in [1.807, 2.05) is 0 Å². The Labute approximate surface area is 128 Å². The van der Waals surface area contributed by atoms with Crippen LogP contribution in [0.2, 0.25) is 0 Å². The molecule has 110 valence electrons. The molecule has 1 nitrogen and oxygen atoms in total. The summed E-state index contributed by atoms with van der Waals surface area (Å²) in [6, 6.07) is 18.4. The van der Waals surface area contributed by atoms with Gasteiger partial charge in [0.05, 0.1) is 0 Å². The van der Waals surface area contributed by atoms with Gasteiger partial charge in [0.15, 0.2) is 0 Å². The summed E-state index contributed by atoms with van der Waals surface area (Å²) in [5.74, 6) is 0.653. The number of nitrogens with one attached hydrogen (secondary N) is 1. The fraction of sp³-hybridized carbons (Fsp3) is 0.400. The number of anilines is 1. The molecule has 21 heavy (non-hydrogen) atoms. The van der Waals surface area contributed by atoms with Gasteiger partial charge in [0.25, 0.3) is 0 Å². The number of hydrogen-bond donors (Lipinski definition) is 1. The van der Waals surface area contributed by atoms with Crippen LogP contribution in [0.3, 0.4) is 0 Å². The average Bonchev–Trinajstić information content (AvgIpc) is 2.55. The van der Waals surface area contributed by atoms with Crippen LogP contribution in [0, 0.1) is 0 Å². The fourth-order valence-electron chi connectivity index (χ4n) is 3.20. The minimum Gasteiger partial charge on any atom is -0.382 e. The van der Waals surface area contributed by atoms with Crippen LogP contribution >= 0.6 is 0 Å². The average molecular weight is 279 g/mol. The van der Waals surface area contributed by atoms with Crippen molar-refractivity contribution in [1.82, 2.24) is 0 Å². The van der Waals surface area contributed by atoms with Crippen molar-refractivity contribution in [2.45, 2.75) is 51.5 Å². The first kappa shape index (κ1) is 14.2. The van der Waals surface area contributed by atoms with E-state index in [1.54, 1.807) is 0 Å². The minimum atomic E-state index is 0.564. The lowest BCUT2D eigenvalue weighted by Crippen LogP contribution is -2.27. The molecule has 0 saturated heterocycles. The normalized spacial score (nSPS) is 18.9. The molecular formula is C20H25N. The van der Waals surface area contributed by atoms with Gasteiger partial charge in [0, 0.05) is 11.7 Å². The van der Waals surface area contributed by atoms with Crippen molar-refractivity contribution in [3.8, 4) is 0 Å². The zero-order chi connectivity index (χ0) is 14.7. The van der Waals surface area contributed by atoms with Gasteiger partial charge in [-0.3, -0.25) is 0 Å². The second-order valence-corrected chi connectivity index (χ2v) is 6.28. The van der Waals surface area contributed by atoms with Gasteiger partial charge in [-0.2, -0.15) is 0 Å². The van der Waals surface area contributed by atoms with Gasteiger partial charge in [0.1, 0.15) is 0 Å². The van der Waals surface area contributed by atoms with E-state index in [-0.39, 0.29) is 0 Å². The lowest BCUT2D eigenvalue weighted by molar-refractivity contribution is 0.611. The van der Waals surface area contributed by atoms with Crippen LogP contribution in [0.4, 0.5) is 5.69 Å². The summed E-state index contributed by atoms with van der Waals surface area (Å²) in [7, 11) is 0. The van der Waals surface area contributed by atoms with E-state index in [4.69, 9.17) is 0 Å². The van der Waals surface area contributed by atoms with Gasteiger partial charge >= 0.3 is 0 Å².